The number of rotatable bonds is 3. The number of ether oxygens (including phenoxy) is 2. The fraction of sp³-hybridized carbons (Fsp3) is 0.778. The molecule has 0 amide bonds. The number of cyclic esters (lactones) is 2. The van der Waals surface area contributed by atoms with E-state index in [2.05, 4.69) is 4.74 Å². The van der Waals surface area contributed by atoms with Crippen molar-refractivity contribution in [1.82, 2.24) is 0 Å². The van der Waals surface area contributed by atoms with Gasteiger partial charge in [0.2, 0.25) is 0 Å². The van der Waals surface area contributed by atoms with E-state index in [9.17, 15) is 9.59 Å². The second kappa shape index (κ2) is 3.87. The lowest BCUT2D eigenvalue weighted by Crippen LogP contribution is -2.30. The Morgan fingerprint density at radius 3 is 2.38 bits per heavy atom. The van der Waals surface area contributed by atoms with E-state index in [0.717, 1.165) is 0 Å². The SMILES string of the molecule is CCC(OC)C1C(=O)OC(=O)C1C. The van der Waals surface area contributed by atoms with Crippen LogP contribution in [-0.2, 0) is 19.1 Å². The third-order valence-electron chi connectivity index (χ3n) is 2.49. The van der Waals surface area contributed by atoms with Crippen LogP contribution in [0.5, 0.6) is 0 Å². The third kappa shape index (κ3) is 1.72. The molecule has 13 heavy (non-hydrogen) atoms. The van der Waals surface area contributed by atoms with Crippen molar-refractivity contribution in [2.75, 3.05) is 7.11 Å². The molecule has 1 saturated heterocycles. The molecule has 0 aromatic rings. The van der Waals surface area contributed by atoms with Gasteiger partial charge in [0.05, 0.1) is 17.9 Å². The molecule has 0 aromatic carbocycles. The second-order valence-corrected chi connectivity index (χ2v) is 3.24. The molecule has 0 bridgehead atoms. The number of esters is 2. The van der Waals surface area contributed by atoms with Crippen LogP contribution >= 0.6 is 0 Å². The van der Waals surface area contributed by atoms with Gasteiger partial charge in [-0.25, -0.2) is 0 Å². The van der Waals surface area contributed by atoms with Crippen LogP contribution in [0.25, 0.3) is 0 Å². The second-order valence-electron chi connectivity index (χ2n) is 3.24. The zero-order valence-corrected chi connectivity index (χ0v) is 8.07. The summed E-state index contributed by atoms with van der Waals surface area (Å²) in [5.74, 6) is -1.70. The van der Waals surface area contributed by atoms with Gasteiger partial charge in [0.15, 0.2) is 0 Å². The van der Waals surface area contributed by atoms with Crippen LogP contribution in [0.15, 0.2) is 0 Å². The summed E-state index contributed by atoms with van der Waals surface area (Å²) >= 11 is 0. The lowest BCUT2D eigenvalue weighted by molar-refractivity contribution is -0.154. The molecule has 1 heterocycles. The first-order chi connectivity index (χ1) is 6.11. The van der Waals surface area contributed by atoms with E-state index in [1.54, 1.807) is 6.92 Å². The van der Waals surface area contributed by atoms with Gasteiger partial charge >= 0.3 is 11.9 Å². The molecule has 4 nitrogen and oxygen atoms in total. The molecule has 3 unspecified atom stereocenters. The van der Waals surface area contributed by atoms with Gasteiger partial charge in [0.25, 0.3) is 0 Å². The highest BCUT2D eigenvalue weighted by Crippen LogP contribution is 2.28. The number of carbonyl (C=O) groups is 2. The van der Waals surface area contributed by atoms with E-state index >= 15 is 0 Å². The lowest BCUT2D eigenvalue weighted by Gasteiger charge is -2.19. The number of hydrogen-bond donors (Lipinski definition) is 0. The van der Waals surface area contributed by atoms with Gasteiger partial charge in [-0.05, 0) is 6.42 Å². The Kier molecular flexibility index (Phi) is 3.03. The van der Waals surface area contributed by atoms with Crippen LogP contribution in [0.1, 0.15) is 20.3 Å². The molecule has 0 aromatic heterocycles. The van der Waals surface area contributed by atoms with Crippen molar-refractivity contribution in [3.05, 3.63) is 0 Å². The van der Waals surface area contributed by atoms with Crippen LogP contribution < -0.4 is 0 Å². The summed E-state index contributed by atoms with van der Waals surface area (Å²) in [5, 5.41) is 0. The molecule has 1 rings (SSSR count). The summed E-state index contributed by atoms with van der Waals surface area (Å²) in [7, 11) is 1.54. The van der Waals surface area contributed by atoms with Crippen molar-refractivity contribution in [2.45, 2.75) is 26.4 Å². The maximum atomic E-state index is 11.2. The van der Waals surface area contributed by atoms with Gasteiger partial charge < -0.3 is 9.47 Å². The minimum absolute atomic E-state index is 0.214. The summed E-state index contributed by atoms with van der Waals surface area (Å²) in [6.07, 6.45) is 0.488. The maximum absolute atomic E-state index is 11.2. The van der Waals surface area contributed by atoms with Crippen LogP contribution in [0.2, 0.25) is 0 Å². The average molecular weight is 186 g/mol. The molecular formula is C9H14O4. The fourth-order valence-corrected chi connectivity index (χ4v) is 1.65. The van der Waals surface area contributed by atoms with Gasteiger partial charge in [-0.15, -0.1) is 0 Å². The normalized spacial score (nSPS) is 30.4. The van der Waals surface area contributed by atoms with Crippen LogP contribution in [0, 0.1) is 11.8 Å². The molecule has 0 spiro atoms. The summed E-state index contributed by atoms with van der Waals surface area (Å²) in [4.78, 5) is 22.3. The Morgan fingerprint density at radius 2 is 2.08 bits per heavy atom. The average Bonchev–Trinajstić information content (AvgIpc) is 2.34. The minimum Gasteiger partial charge on any atom is -0.393 e. The molecule has 3 atom stereocenters. The van der Waals surface area contributed by atoms with Gasteiger partial charge in [-0.3, -0.25) is 9.59 Å². The van der Waals surface area contributed by atoms with Gasteiger partial charge in [-0.1, -0.05) is 13.8 Å². The van der Waals surface area contributed by atoms with E-state index in [4.69, 9.17) is 4.74 Å². The molecule has 74 valence electrons. The molecule has 0 N–H and O–H groups in total. The number of hydrogen-bond acceptors (Lipinski definition) is 4. The van der Waals surface area contributed by atoms with Crippen molar-refractivity contribution < 1.29 is 19.1 Å². The van der Waals surface area contributed by atoms with E-state index in [1.807, 2.05) is 6.92 Å². The van der Waals surface area contributed by atoms with E-state index in [-0.39, 0.29) is 12.0 Å². The van der Waals surface area contributed by atoms with Crippen LogP contribution in [0.4, 0.5) is 0 Å². The Bertz CT molecular complexity index is 220. The topological polar surface area (TPSA) is 52.6 Å². The van der Waals surface area contributed by atoms with E-state index in [1.165, 1.54) is 7.11 Å². The molecule has 0 saturated carbocycles. The first-order valence-electron chi connectivity index (χ1n) is 4.40. The predicted octanol–water partition coefficient (Wildman–Crippen LogP) is 0.747. The Labute approximate surface area is 77.2 Å². The van der Waals surface area contributed by atoms with E-state index in [0.29, 0.717) is 6.42 Å². The molecule has 1 fully saturated rings. The standard InChI is InChI=1S/C9H14O4/c1-4-6(12-3)7-5(2)8(10)13-9(7)11/h5-7H,4H2,1-3H3. The Hall–Kier alpha value is -0.900. The highest BCUT2D eigenvalue weighted by molar-refractivity contribution is 5.96. The van der Waals surface area contributed by atoms with Gasteiger partial charge in [0.1, 0.15) is 0 Å². The van der Waals surface area contributed by atoms with Crippen molar-refractivity contribution in [3.8, 4) is 0 Å². The predicted molar refractivity (Wildman–Crippen MR) is 44.8 cm³/mol. The summed E-state index contributed by atoms with van der Waals surface area (Å²) in [5.41, 5.74) is 0. The number of carbonyl (C=O) groups excluding carboxylic acids is 2. The highest BCUT2D eigenvalue weighted by atomic mass is 16.6. The van der Waals surface area contributed by atoms with Crippen LogP contribution in [-0.4, -0.2) is 25.2 Å². The first kappa shape index (κ1) is 10.2. The van der Waals surface area contributed by atoms with Crippen molar-refractivity contribution in [2.24, 2.45) is 11.8 Å². The largest absolute Gasteiger partial charge is 0.393 e. The fourth-order valence-electron chi connectivity index (χ4n) is 1.65. The Morgan fingerprint density at radius 1 is 1.46 bits per heavy atom. The van der Waals surface area contributed by atoms with Crippen molar-refractivity contribution in [1.29, 1.82) is 0 Å². The third-order valence-corrected chi connectivity index (χ3v) is 2.49. The molecular weight excluding hydrogens is 172 g/mol. The van der Waals surface area contributed by atoms with Crippen molar-refractivity contribution >= 4 is 11.9 Å². The number of methoxy groups -OCH3 is 1. The van der Waals surface area contributed by atoms with Gasteiger partial charge in [-0.2, -0.15) is 0 Å². The Balaban J connectivity index is 2.78. The monoisotopic (exact) mass is 186 g/mol. The molecule has 1 aliphatic rings. The minimum atomic E-state index is -0.453. The zero-order valence-electron chi connectivity index (χ0n) is 8.07. The quantitative estimate of drug-likeness (QED) is 0.482. The van der Waals surface area contributed by atoms with Gasteiger partial charge in [0, 0.05) is 7.11 Å². The summed E-state index contributed by atoms with van der Waals surface area (Å²) in [6.45, 7) is 3.61. The summed E-state index contributed by atoms with van der Waals surface area (Å²) in [6, 6.07) is 0. The molecule has 0 radical (unpaired) electrons. The zero-order chi connectivity index (χ0) is 10.0. The van der Waals surface area contributed by atoms with E-state index < -0.39 is 17.9 Å². The highest BCUT2D eigenvalue weighted by Gasteiger charge is 2.45. The molecule has 0 aliphatic carbocycles. The molecule has 1 aliphatic heterocycles. The maximum Gasteiger partial charge on any atom is 0.320 e. The summed E-state index contributed by atoms with van der Waals surface area (Å²) < 4.78 is 9.63. The lowest BCUT2D eigenvalue weighted by atomic mass is 9.90. The van der Waals surface area contributed by atoms with Crippen LogP contribution in [0.3, 0.4) is 0 Å². The van der Waals surface area contributed by atoms with Crippen molar-refractivity contribution in [3.63, 3.8) is 0 Å². The molecule has 4 heteroatoms. The first-order valence-corrected chi connectivity index (χ1v) is 4.40. The smallest absolute Gasteiger partial charge is 0.320 e.